The Morgan fingerprint density at radius 2 is 1.96 bits per heavy atom. The number of nitrogens with zero attached hydrogens (tertiary/aromatic N) is 3. The zero-order chi connectivity index (χ0) is 17.1. The van der Waals surface area contributed by atoms with Crippen LogP contribution in [0.15, 0.2) is 24.3 Å². The summed E-state index contributed by atoms with van der Waals surface area (Å²) in [6.07, 6.45) is -0.938. The van der Waals surface area contributed by atoms with Gasteiger partial charge >= 0.3 is 12.1 Å². The quantitative estimate of drug-likeness (QED) is 0.780. The standard InChI is InChI=1S/C17H19N3O4/c21-12-14-5-3-13(4-6-14)2-1-7-18-10-15-11-19(17(23)24)8-9-20(15)16(18)22/h3-6,15,21H,7-12H2,(H,23,24). The van der Waals surface area contributed by atoms with Crippen molar-refractivity contribution in [1.29, 1.82) is 0 Å². The lowest BCUT2D eigenvalue weighted by Crippen LogP contribution is -2.53. The fraction of sp³-hybridized carbons (Fsp3) is 0.412. The normalized spacial score (nSPS) is 19.8. The fourth-order valence-corrected chi connectivity index (χ4v) is 3.01. The lowest BCUT2D eigenvalue weighted by molar-refractivity contribution is 0.0996. The van der Waals surface area contributed by atoms with Gasteiger partial charge < -0.3 is 24.9 Å². The van der Waals surface area contributed by atoms with E-state index in [1.807, 2.05) is 24.3 Å². The molecule has 0 bridgehead atoms. The van der Waals surface area contributed by atoms with Crippen LogP contribution < -0.4 is 0 Å². The van der Waals surface area contributed by atoms with Crippen LogP contribution in [-0.4, -0.2) is 75.8 Å². The molecule has 24 heavy (non-hydrogen) atoms. The van der Waals surface area contributed by atoms with E-state index in [-0.39, 0.29) is 18.7 Å². The summed E-state index contributed by atoms with van der Waals surface area (Å²) in [6.45, 7) is 1.96. The van der Waals surface area contributed by atoms with Crippen molar-refractivity contribution in [2.45, 2.75) is 12.6 Å². The van der Waals surface area contributed by atoms with Crippen LogP contribution in [0.4, 0.5) is 9.59 Å². The molecule has 0 radical (unpaired) electrons. The highest BCUT2D eigenvalue weighted by Crippen LogP contribution is 2.20. The van der Waals surface area contributed by atoms with Crippen LogP contribution in [0.25, 0.3) is 0 Å². The summed E-state index contributed by atoms with van der Waals surface area (Å²) >= 11 is 0. The minimum atomic E-state index is -0.938. The largest absolute Gasteiger partial charge is 0.465 e. The van der Waals surface area contributed by atoms with Crippen molar-refractivity contribution < 1.29 is 19.8 Å². The van der Waals surface area contributed by atoms with Gasteiger partial charge in [0, 0.05) is 31.7 Å². The predicted octanol–water partition coefficient (Wildman–Crippen LogP) is 0.630. The molecule has 1 aromatic carbocycles. The summed E-state index contributed by atoms with van der Waals surface area (Å²) in [5.74, 6) is 5.99. The number of rotatable bonds is 2. The summed E-state index contributed by atoms with van der Waals surface area (Å²) in [7, 11) is 0. The molecule has 1 aromatic rings. The summed E-state index contributed by atoms with van der Waals surface area (Å²) in [5.41, 5.74) is 1.66. The number of carbonyl (C=O) groups excluding carboxylic acids is 1. The van der Waals surface area contributed by atoms with E-state index in [0.29, 0.717) is 32.7 Å². The number of carbonyl (C=O) groups is 2. The molecule has 2 fully saturated rings. The van der Waals surface area contributed by atoms with Crippen molar-refractivity contribution in [1.82, 2.24) is 14.7 Å². The zero-order valence-corrected chi connectivity index (χ0v) is 13.2. The number of piperazine rings is 1. The minimum absolute atomic E-state index is 0.000567. The number of hydrogen-bond donors (Lipinski definition) is 2. The fourth-order valence-electron chi connectivity index (χ4n) is 3.01. The van der Waals surface area contributed by atoms with Gasteiger partial charge in [-0.1, -0.05) is 24.0 Å². The SMILES string of the molecule is O=C(O)N1CCN2C(=O)N(CC#Cc3ccc(CO)cc3)CC2C1. The van der Waals surface area contributed by atoms with Gasteiger partial charge in [-0.2, -0.15) is 0 Å². The maximum Gasteiger partial charge on any atom is 0.407 e. The van der Waals surface area contributed by atoms with Gasteiger partial charge in [-0.05, 0) is 17.7 Å². The summed E-state index contributed by atoms with van der Waals surface area (Å²) in [5, 5.41) is 18.1. The van der Waals surface area contributed by atoms with Gasteiger partial charge in [0.2, 0.25) is 0 Å². The average Bonchev–Trinajstić information content (AvgIpc) is 2.91. The second kappa shape index (κ2) is 6.81. The maximum atomic E-state index is 12.3. The number of aliphatic hydroxyl groups excluding tert-OH is 1. The van der Waals surface area contributed by atoms with Crippen molar-refractivity contribution >= 4 is 12.1 Å². The average molecular weight is 329 g/mol. The van der Waals surface area contributed by atoms with Crippen molar-refractivity contribution in [3.05, 3.63) is 35.4 Å². The van der Waals surface area contributed by atoms with Crippen molar-refractivity contribution in [2.24, 2.45) is 0 Å². The molecule has 2 heterocycles. The molecule has 3 rings (SSSR count). The molecular weight excluding hydrogens is 310 g/mol. The van der Waals surface area contributed by atoms with E-state index in [2.05, 4.69) is 11.8 Å². The van der Waals surface area contributed by atoms with E-state index in [4.69, 9.17) is 10.2 Å². The Kier molecular flexibility index (Phi) is 4.58. The topological polar surface area (TPSA) is 84.3 Å². The van der Waals surface area contributed by atoms with Crippen molar-refractivity contribution in [2.75, 3.05) is 32.7 Å². The van der Waals surface area contributed by atoms with Gasteiger partial charge in [0.1, 0.15) is 0 Å². The highest BCUT2D eigenvalue weighted by molar-refractivity contribution is 5.78. The minimum Gasteiger partial charge on any atom is -0.465 e. The van der Waals surface area contributed by atoms with Gasteiger partial charge in [0.25, 0.3) is 0 Å². The van der Waals surface area contributed by atoms with Crippen LogP contribution in [0.3, 0.4) is 0 Å². The number of fused-ring (bicyclic) bond motifs is 1. The molecule has 0 aromatic heterocycles. The van der Waals surface area contributed by atoms with E-state index in [1.165, 1.54) is 4.90 Å². The third kappa shape index (κ3) is 3.29. The lowest BCUT2D eigenvalue weighted by Gasteiger charge is -2.34. The number of urea groups is 1. The van der Waals surface area contributed by atoms with Crippen LogP contribution in [0.5, 0.6) is 0 Å². The number of benzene rings is 1. The van der Waals surface area contributed by atoms with Crippen LogP contribution in [-0.2, 0) is 6.61 Å². The molecule has 0 spiro atoms. The van der Waals surface area contributed by atoms with Gasteiger partial charge in [-0.25, -0.2) is 9.59 Å². The highest BCUT2D eigenvalue weighted by atomic mass is 16.4. The molecule has 1 atom stereocenters. The van der Waals surface area contributed by atoms with E-state index in [9.17, 15) is 9.59 Å². The Balaban J connectivity index is 1.60. The Bertz CT molecular complexity index is 692. The predicted molar refractivity (Wildman–Crippen MR) is 86.3 cm³/mol. The van der Waals surface area contributed by atoms with E-state index in [0.717, 1.165) is 11.1 Å². The summed E-state index contributed by atoms with van der Waals surface area (Å²) in [4.78, 5) is 28.1. The number of hydrogen-bond acceptors (Lipinski definition) is 3. The summed E-state index contributed by atoms with van der Waals surface area (Å²) < 4.78 is 0. The first-order chi connectivity index (χ1) is 11.6. The molecule has 7 nitrogen and oxygen atoms in total. The van der Waals surface area contributed by atoms with E-state index in [1.54, 1.807) is 9.80 Å². The highest BCUT2D eigenvalue weighted by Gasteiger charge is 2.41. The van der Waals surface area contributed by atoms with E-state index >= 15 is 0 Å². The zero-order valence-electron chi connectivity index (χ0n) is 13.2. The number of amides is 3. The summed E-state index contributed by atoms with van der Waals surface area (Å²) in [6, 6.07) is 7.12. The van der Waals surface area contributed by atoms with Crippen LogP contribution in [0.1, 0.15) is 11.1 Å². The molecule has 7 heteroatoms. The molecule has 0 saturated carbocycles. The lowest BCUT2D eigenvalue weighted by atomic mass is 10.1. The van der Waals surface area contributed by atoms with Gasteiger partial charge in [0.15, 0.2) is 0 Å². The molecule has 3 amide bonds. The van der Waals surface area contributed by atoms with Crippen LogP contribution >= 0.6 is 0 Å². The monoisotopic (exact) mass is 329 g/mol. The van der Waals surface area contributed by atoms with Gasteiger partial charge in [0.05, 0.1) is 19.2 Å². The maximum absolute atomic E-state index is 12.3. The second-order valence-corrected chi connectivity index (χ2v) is 5.90. The molecule has 2 saturated heterocycles. The first-order valence-corrected chi connectivity index (χ1v) is 7.80. The molecule has 1 unspecified atom stereocenters. The van der Waals surface area contributed by atoms with E-state index < -0.39 is 6.09 Å². The first-order valence-electron chi connectivity index (χ1n) is 7.80. The Morgan fingerprint density at radius 1 is 1.21 bits per heavy atom. The number of carboxylic acid groups (broad SMARTS) is 1. The van der Waals surface area contributed by atoms with Crippen molar-refractivity contribution in [3.8, 4) is 11.8 Å². The smallest absolute Gasteiger partial charge is 0.407 e. The first kappa shape index (κ1) is 16.1. The Morgan fingerprint density at radius 3 is 2.62 bits per heavy atom. The van der Waals surface area contributed by atoms with Crippen LogP contribution in [0, 0.1) is 11.8 Å². The molecule has 2 aliphatic heterocycles. The Hall–Kier alpha value is -2.72. The number of aliphatic hydroxyl groups is 1. The Labute approximate surface area is 140 Å². The third-order valence-electron chi connectivity index (χ3n) is 4.34. The molecule has 2 N–H and O–H groups in total. The van der Waals surface area contributed by atoms with Crippen LogP contribution in [0.2, 0.25) is 0 Å². The van der Waals surface area contributed by atoms with Crippen molar-refractivity contribution in [3.63, 3.8) is 0 Å². The van der Waals surface area contributed by atoms with Gasteiger partial charge in [-0.3, -0.25) is 0 Å². The molecule has 0 aliphatic carbocycles. The second-order valence-electron chi connectivity index (χ2n) is 5.90. The molecular formula is C17H19N3O4. The van der Waals surface area contributed by atoms with Gasteiger partial charge in [-0.15, -0.1) is 0 Å². The molecule has 2 aliphatic rings. The molecule has 126 valence electrons. The third-order valence-corrected chi connectivity index (χ3v) is 4.34.